The van der Waals surface area contributed by atoms with Crippen LogP contribution in [-0.4, -0.2) is 32.7 Å². The molecule has 3 heterocycles. The van der Waals surface area contributed by atoms with Crippen molar-refractivity contribution in [3.05, 3.63) is 35.0 Å². The molecule has 0 atom stereocenters. The number of H-pyrrole nitrogens is 1. The van der Waals surface area contributed by atoms with Gasteiger partial charge in [-0.2, -0.15) is 5.10 Å². The summed E-state index contributed by atoms with van der Waals surface area (Å²) in [7, 11) is 0. The number of hydrogen-bond donors (Lipinski definition) is 1. The first kappa shape index (κ1) is 10.8. The fourth-order valence-corrected chi connectivity index (χ4v) is 2.53. The van der Waals surface area contributed by atoms with E-state index in [-0.39, 0.29) is 5.91 Å². The quantitative estimate of drug-likeness (QED) is 0.885. The molecule has 1 aliphatic carbocycles. The third kappa shape index (κ3) is 1.83. The van der Waals surface area contributed by atoms with Crippen molar-refractivity contribution in [3.63, 3.8) is 0 Å². The molecule has 0 radical (unpaired) electrons. The van der Waals surface area contributed by atoms with Gasteiger partial charge in [0.1, 0.15) is 12.0 Å². The summed E-state index contributed by atoms with van der Waals surface area (Å²) in [6.45, 7) is 1.23. The van der Waals surface area contributed by atoms with Crippen LogP contribution >= 0.6 is 0 Å². The van der Waals surface area contributed by atoms with Crippen LogP contribution < -0.4 is 0 Å². The molecule has 0 unspecified atom stereocenters. The summed E-state index contributed by atoms with van der Waals surface area (Å²) in [6.07, 6.45) is 4.76. The van der Waals surface area contributed by atoms with Crippen LogP contribution in [-0.2, 0) is 13.0 Å². The zero-order chi connectivity index (χ0) is 12.8. The van der Waals surface area contributed by atoms with Gasteiger partial charge in [0.2, 0.25) is 0 Å². The summed E-state index contributed by atoms with van der Waals surface area (Å²) in [5.41, 5.74) is 3.56. The fourth-order valence-electron chi connectivity index (χ4n) is 2.53. The number of aromatic nitrogens is 3. The minimum atomic E-state index is -0.0185. The maximum Gasteiger partial charge on any atom is 0.274 e. The minimum Gasteiger partial charge on any atom is -0.364 e. The van der Waals surface area contributed by atoms with E-state index in [1.165, 1.54) is 12.8 Å². The number of hydrogen-bond acceptors (Lipinski definition) is 4. The topological polar surface area (TPSA) is 75.0 Å². The van der Waals surface area contributed by atoms with Crippen LogP contribution in [0, 0.1) is 0 Å². The Bertz CT molecular complexity index is 626. The standard InChI is InChI=1S/C13H14N4O2/c18-13(12-5-11(14-15-12)8-1-2-8)17-4-3-10-9(6-17)7-19-16-10/h5,7-8H,1-4,6H2,(H,14,15). The summed E-state index contributed by atoms with van der Waals surface area (Å²) in [5, 5.41) is 11.0. The number of aromatic amines is 1. The normalized spacial score (nSPS) is 18.4. The van der Waals surface area contributed by atoms with Crippen molar-refractivity contribution < 1.29 is 9.32 Å². The second kappa shape index (κ2) is 3.94. The first-order valence-electron chi connectivity index (χ1n) is 6.58. The Labute approximate surface area is 109 Å². The number of carbonyl (C=O) groups excluding carboxylic acids is 1. The van der Waals surface area contributed by atoms with Crippen molar-refractivity contribution in [2.45, 2.75) is 31.7 Å². The lowest BCUT2D eigenvalue weighted by Crippen LogP contribution is -2.35. The third-order valence-electron chi connectivity index (χ3n) is 3.83. The van der Waals surface area contributed by atoms with E-state index < -0.39 is 0 Å². The first-order valence-corrected chi connectivity index (χ1v) is 6.58. The maximum atomic E-state index is 12.4. The fraction of sp³-hybridized carbons (Fsp3) is 0.462. The molecule has 0 bridgehead atoms. The van der Waals surface area contributed by atoms with Crippen molar-refractivity contribution in [1.82, 2.24) is 20.3 Å². The van der Waals surface area contributed by atoms with Gasteiger partial charge in [-0.25, -0.2) is 0 Å². The van der Waals surface area contributed by atoms with E-state index in [0.717, 1.165) is 23.4 Å². The molecule has 98 valence electrons. The highest BCUT2D eigenvalue weighted by atomic mass is 16.5. The smallest absolute Gasteiger partial charge is 0.274 e. The van der Waals surface area contributed by atoms with Gasteiger partial charge in [0.25, 0.3) is 5.91 Å². The average Bonchev–Trinajstić information content (AvgIpc) is 3.00. The lowest BCUT2D eigenvalue weighted by Gasteiger charge is -2.24. The molecule has 1 saturated carbocycles. The molecule has 2 aromatic heterocycles. The molecule has 2 aliphatic rings. The molecule has 19 heavy (non-hydrogen) atoms. The van der Waals surface area contributed by atoms with E-state index in [9.17, 15) is 4.79 Å². The van der Waals surface area contributed by atoms with Gasteiger partial charge in [-0.3, -0.25) is 9.89 Å². The number of nitrogens with one attached hydrogen (secondary N) is 1. The van der Waals surface area contributed by atoms with Gasteiger partial charge < -0.3 is 9.42 Å². The highest BCUT2D eigenvalue weighted by Gasteiger charge is 2.29. The Morgan fingerprint density at radius 3 is 3.21 bits per heavy atom. The Kier molecular flexibility index (Phi) is 2.24. The molecule has 0 aromatic carbocycles. The number of rotatable bonds is 2. The van der Waals surface area contributed by atoms with Gasteiger partial charge in [0, 0.05) is 30.1 Å². The SMILES string of the molecule is O=C(c1cc(C2CC2)[nH]n1)N1CCc2nocc2C1. The van der Waals surface area contributed by atoms with Crippen LogP contribution in [0.15, 0.2) is 16.9 Å². The third-order valence-corrected chi connectivity index (χ3v) is 3.83. The van der Waals surface area contributed by atoms with Crippen LogP contribution in [0.2, 0.25) is 0 Å². The van der Waals surface area contributed by atoms with Gasteiger partial charge in [0.05, 0.1) is 12.2 Å². The molecule has 6 nitrogen and oxygen atoms in total. The van der Waals surface area contributed by atoms with Gasteiger partial charge in [-0.15, -0.1) is 0 Å². The van der Waals surface area contributed by atoms with Crippen molar-refractivity contribution in [1.29, 1.82) is 0 Å². The summed E-state index contributed by atoms with van der Waals surface area (Å²) in [6, 6.07) is 1.89. The molecule has 2 aromatic rings. The number of carbonyl (C=O) groups is 1. The molecular formula is C13H14N4O2. The minimum absolute atomic E-state index is 0.0185. The van der Waals surface area contributed by atoms with Crippen molar-refractivity contribution in [2.75, 3.05) is 6.54 Å². The van der Waals surface area contributed by atoms with Gasteiger partial charge in [-0.05, 0) is 18.9 Å². The Morgan fingerprint density at radius 1 is 1.47 bits per heavy atom. The molecule has 6 heteroatoms. The first-order chi connectivity index (χ1) is 9.31. The molecule has 1 fully saturated rings. The van der Waals surface area contributed by atoms with E-state index in [0.29, 0.717) is 24.7 Å². The van der Waals surface area contributed by atoms with E-state index in [2.05, 4.69) is 15.4 Å². The second-order valence-corrected chi connectivity index (χ2v) is 5.25. The Morgan fingerprint density at radius 2 is 2.37 bits per heavy atom. The van der Waals surface area contributed by atoms with Crippen LogP contribution in [0.1, 0.15) is 46.2 Å². The lowest BCUT2D eigenvalue weighted by atomic mass is 10.1. The summed E-state index contributed by atoms with van der Waals surface area (Å²) < 4.78 is 4.94. The highest BCUT2D eigenvalue weighted by Crippen LogP contribution is 2.39. The maximum absolute atomic E-state index is 12.4. The highest BCUT2D eigenvalue weighted by molar-refractivity contribution is 5.92. The Hall–Kier alpha value is -2.11. The van der Waals surface area contributed by atoms with Crippen molar-refractivity contribution in [3.8, 4) is 0 Å². The largest absolute Gasteiger partial charge is 0.364 e. The zero-order valence-electron chi connectivity index (χ0n) is 10.4. The van der Waals surface area contributed by atoms with Crippen LogP contribution in [0.4, 0.5) is 0 Å². The zero-order valence-corrected chi connectivity index (χ0v) is 10.4. The monoisotopic (exact) mass is 258 g/mol. The summed E-state index contributed by atoms with van der Waals surface area (Å²) in [4.78, 5) is 14.2. The molecular weight excluding hydrogens is 244 g/mol. The van der Waals surface area contributed by atoms with E-state index in [1.54, 1.807) is 11.2 Å². The van der Waals surface area contributed by atoms with Crippen molar-refractivity contribution in [2.24, 2.45) is 0 Å². The molecule has 0 spiro atoms. The van der Waals surface area contributed by atoms with E-state index in [4.69, 9.17) is 4.52 Å². The van der Waals surface area contributed by atoms with E-state index in [1.807, 2.05) is 6.07 Å². The molecule has 1 N–H and O–H groups in total. The van der Waals surface area contributed by atoms with Crippen molar-refractivity contribution >= 4 is 5.91 Å². The predicted octanol–water partition coefficient (Wildman–Crippen LogP) is 1.47. The van der Waals surface area contributed by atoms with Gasteiger partial charge in [0.15, 0.2) is 0 Å². The van der Waals surface area contributed by atoms with Crippen LogP contribution in [0.3, 0.4) is 0 Å². The number of fused-ring (bicyclic) bond motifs is 1. The van der Waals surface area contributed by atoms with Crippen LogP contribution in [0.25, 0.3) is 0 Å². The van der Waals surface area contributed by atoms with Gasteiger partial charge in [-0.1, -0.05) is 5.16 Å². The number of amides is 1. The molecule has 0 saturated heterocycles. The molecule has 4 rings (SSSR count). The molecule has 1 amide bonds. The molecule has 1 aliphatic heterocycles. The number of nitrogens with zero attached hydrogens (tertiary/aromatic N) is 3. The van der Waals surface area contributed by atoms with Gasteiger partial charge >= 0.3 is 0 Å². The summed E-state index contributed by atoms with van der Waals surface area (Å²) in [5.74, 6) is 0.565. The Balaban J connectivity index is 1.54. The summed E-state index contributed by atoms with van der Waals surface area (Å²) >= 11 is 0. The average molecular weight is 258 g/mol. The predicted molar refractivity (Wildman–Crippen MR) is 65.5 cm³/mol. The lowest BCUT2D eigenvalue weighted by molar-refractivity contribution is 0.0728. The van der Waals surface area contributed by atoms with E-state index >= 15 is 0 Å². The second-order valence-electron chi connectivity index (χ2n) is 5.25. The van der Waals surface area contributed by atoms with Crippen LogP contribution in [0.5, 0.6) is 0 Å².